The molecule has 1 fully saturated rings. The van der Waals surface area contributed by atoms with Gasteiger partial charge in [0.15, 0.2) is 5.11 Å². The van der Waals surface area contributed by atoms with Gasteiger partial charge in [-0.1, -0.05) is 0 Å². The molecular weight excluding hydrogens is 379 g/mol. The number of nitro groups is 1. The fourth-order valence-corrected chi connectivity index (χ4v) is 2.82. The molecule has 8 nitrogen and oxygen atoms in total. The second kappa shape index (κ2) is 6.58. The summed E-state index contributed by atoms with van der Waals surface area (Å²) in [6, 6.07) is 3.99. The number of anilines is 1. The quantitative estimate of drug-likeness (QED) is 0.312. The number of thiocarbonyl (C=S) groups is 1. The summed E-state index contributed by atoms with van der Waals surface area (Å²) in [7, 11) is 1.37. The van der Waals surface area contributed by atoms with Crippen molar-refractivity contribution in [2.24, 2.45) is 5.41 Å². The molecule has 1 aromatic carbocycles. The SMILES string of the molecule is COc1cc([N+](=O)[O-])ccc1NC(=S)NNC(=O)[C@]1(C)CC1(Cl)Cl. The molecule has 0 unspecified atom stereocenters. The second-order valence-corrected chi connectivity index (χ2v) is 7.28. The molecule has 1 atom stereocenters. The molecule has 11 heteroatoms. The molecule has 1 aliphatic rings. The Bertz CT molecular complexity index is 715. The van der Waals surface area contributed by atoms with Crippen molar-refractivity contribution in [3.8, 4) is 5.75 Å². The van der Waals surface area contributed by atoms with Crippen molar-refractivity contribution >= 4 is 57.8 Å². The summed E-state index contributed by atoms with van der Waals surface area (Å²) in [5, 5.41) is 13.6. The van der Waals surface area contributed by atoms with Crippen LogP contribution in [0.15, 0.2) is 18.2 Å². The number of nitrogens with zero attached hydrogens (tertiary/aromatic N) is 1. The number of amides is 1. The average molecular weight is 393 g/mol. The first-order valence-electron chi connectivity index (χ1n) is 6.68. The third-order valence-corrected chi connectivity index (χ3v) is 5.00. The van der Waals surface area contributed by atoms with Gasteiger partial charge in [0, 0.05) is 6.07 Å². The monoisotopic (exact) mass is 392 g/mol. The van der Waals surface area contributed by atoms with Crippen LogP contribution in [0.1, 0.15) is 13.3 Å². The highest BCUT2D eigenvalue weighted by Gasteiger charge is 2.68. The Morgan fingerprint density at radius 1 is 1.42 bits per heavy atom. The number of hydrazine groups is 1. The largest absolute Gasteiger partial charge is 0.494 e. The number of ether oxygens (including phenoxy) is 1. The fourth-order valence-electron chi connectivity index (χ4n) is 1.95. The lowest BCUT2D eigenvalue weighted by atomic mass is 10.1. The van der Waals surface area contributed by atoms with Crippen molar-refractivity contribution in [1.82, 2.24) is 10.9 Å². The Morgan fingerprint density at radius 3 is 2.54 bits per heavy atom. The summed E-state index contributed by atoms with van der Waals surface area (Å²) in [5.74, 6) is -0.165. The lowest BCUT2D eigenvalue weighted by molar-refractivity contribution is -0.384. The van der Waals surface area contributed by atoms with Crippen LogP contribution >= 0.6 is 35.4 Å². The highest BCUT2D eigenvalue weighted by atomic mass is 35.5. The maximum atomic E-state index is 12.0. The molecule has 24 heavy (non-hydrogen) atoms. The van der Waals surface area contributed by atoms with E-state index in [0.29, 0.717) is 12.1 Å². The third-order valence-electron chi connectivity index (χ3n) is 3.69. The van der Waals surface area contributed by atoms with Crippen molar-refractivity contribution in [2.75, 3.05) is 12.4 Å². The molecule has 0 aliphatic heterocycles. The summed E-state index contributed by atoms with van der Waals surface area (Å²) >= 11 is 16.9. The molecule has 130 valence electrons. The van der Waals surface area contributed by atoms with Crippen molar-refractivity contribution in [1.29, 1.82) is 0 Å². The Morgan fingerprint density at radius 2 is 2.04 bits per heavy atom. The summed E-state index contributed by atoms with van der Waals surface area (Å²) in [5.41, 5.74) is 4.33. The van der Waals surface area contributed by atoms with E-state index in [-0.39, 0.29) is 16.5 Å². The van der Waals surface area contributed by atoms with E-state index in [4.69, 9.17) is 40.2 Å². The molecule has 0 radical (unpaired) electrons. The van der Waals surface area contributed by atoms with E-state index >= 15 is 0 Å². The first-order chi connectivity index (χ1) is 11.1. The number of nitrogens with one attached hydrogen (secondary N) is 3. The van der Waals surface area contributed by atoms with Crippen molar-refractivity contribution in [3.63, 3.8) is 0 Å². The standard InChI is InChI=1S/C13H14Cl2N4O4S/c1-12(6-13(12,14)15)10(20)17-18-11(24)16-8-4-3-7(19(21)22)5-9(8)23-2/h3-5H,6H2,1-2H3,(H,17,20)(H2,16,18,24)/t12-/m0/s1. The number of non-ortho nitro benzene ring substituents is 1. The maximum Gasteiger partial charge on any atom is 0.273 e. The van der Waals surface area contributed by atoms with Gasteiger partial charge in [-0.25, -0.2) is 0 Å². The van der Waals surface area contributed by atoms with E-state index < -0.39 is 20.6 Å². The molecule has 0 heterocycles. The van der Waals surface area contributed by atoms with E-state index in [1.807, 2.05) is 0 Å². The lowest BCUT2D eigenvalue weighted by Gasteiger charge is -2.16. The van der Waals surface area contributed by atoms with Crippen LogP contribution in [0.5, 0.6) is 5.75 Å². The minimum Gasteiger partial charge on any atom is -0.494 e. The Kier molecular flexibility index (Phi) is 5.07. The minimum atomic E-state index is -1.09. The second-order valence-electron chi connectivity index (χ2n) is 5.39. The van der Waals surface area contributed by atoms with Gasteiger partial charge in [-0.15, -0.1) is 23.2 Å². The van der Waals surface area contributed by atoms with E-state index in [1.165, 1.54) is 25.3 Å². The van der Waals surface area contributed by atoms with Crippen LogP contribution in [-0.4, -0.2) is 27.4 Å². The predicted molar refractivity (Wildman–Crippen MR) is 94.3 cm³/mol. The zero-order chi connectivity index (χ0) is 18.1. The fraction of sp³-hybridized carbons (Fsp3) is 0.385. The van der Waals surface area contributed by atoms with Crippen LogP contribution < -0.4 is 20.9 Å². The molecule has 1 amide bonds. The number of hydrogen-bond donors (Lipinski definition) is 3. The molecule has 1 aromatic rings. The molecule has 3 N–H and O–H groups in total. The Balaban J connectivity index is 1.95. The molecule has 0 aromatic heterocycles. The lowest BCUT2D eigenvalue weighted by Crippen LogP contribution is -2.47. The number of alkyl halides is 2. The van der Waals surface area contributed by atoms with Crippen LogP contribution in [-0.2, 0) is 4.79 Å². The first-order valence-corrected chi connectivity index (χ1v) is 7.85. The summed E-state index contributed by atoms with van der Waals surface area (Å²) in [6.07, 6.45) is 0.340. The summed E-state index contributed by atoms with van der Waals surface area (Å²) < 4.78 is 3.99. The van der Waals surface area contributed by atoms with Crippen LogP contribution in [0.2, 0.25) is 0 Å². The highest BCUT2D eigenvalue weighted by molar-refractivity contribution is 7.80. The number of carbonyl (C=O) groups excluding carboxylic acids is 1. The molecule has 0 saturated heterocycles. The number of benzene rings is 1. The molecule has 1 aliphatic carbocycles. The molecule has 1 saturated carbocycles. The average Bonchev–Trinajstić information content (AvgIpc) is 3.04. The van der Waals surface area contributed by atoms with Crippen LogP contribution in [0, 0.1) is 15.5 Å². The van der Waals surface area contributed by atoms with Crippen LogP contribution in [0.4, 0.5) is 11.4 Å². The zero-order valence-electron chi connectivity index (χ0n) is 12.7. The van der Waals surface area contributed by atoms with E-state index in [9.17, 15) is 14.9 Å². The topological polar surface area (TPSA) is 106 Å². The van der Waals surface area contributed by atoms with Gasteiger partial charge in [-0.05, 0) is 31.6 Å². The number of rotatable bonds is 4. The molecule has 2 rings (SSSR count). The third kappa shape index (κ3) is 3.63. The Labute approximate surface area is 152 Å². The Hall–Kier alpha value is -1.84. The van der Waals surface area contributed by atoms with Gasteiger partial charge in [0.1, 0.15) is 10.1 Å². The van der Waals surface area contributed by atoms with Gasteiger partial charge in [0.2, 0.25) is 5.91 Å². The smallest absolute Gasteiger partial charge is 0.273 e. The van der Waals surface area contributed by atoms with Gasteiger partial charge in [0.25, 0.3) is 5.69 Å². The number of halogens is 2. The number of methoxy groups -OCH3 is 1. The molecular formula is C13H14Cl2N4O4S. The number of nitro benzene ring substituents is 1. The van der Waals surface area contributed by atoms with E-state index in [0.717, 1.165) is 0 Å². The number of carbonyl (C=O) groups is 1. The number of hydrogen-bond acceptors (Lipinski definition) is 5. The van der Waals surface area contributed by atoms with E-state index in [1.54, 1.807) is 6.92 Å². The zero-order valence-corrected chi connectivity index (χ0v) is 15.0. The van der Waals surface area contributed by atoms with Gasteiger partial charge in [-0.2, -0.15) is 0 Å². The molecule has 0 spiro atoms. The van der Waals surface area contributed by atoms with Gasteiger partial charge in [0.05, 0.1) is 29.2 Å². The van der Waals surface area contributed by atoms with Gasteiger partial charge in [-0.3, -0.25) is 25.8 Å². The van der Waals surface area contributed by atoms with Crippen molar-refractivity contribution in [2.45, 2.75) is 17.7 Å². The van der Waals surface area contributed by atoms with Gasteiger partial charge < -0.3 is 10.1 Å². The van der Waals surface area contributed by atoms with Crippen molar-refractivity contribution < 1.29 is 14.5 Å². The van der Waals surface area contributed by atoms with Crippen LogP contribution in [0.3, 0.4) is 0 Å². The van der Waals surface area contributed by atoms with Crippen molar-refractivity contribution in [3.05, 3.63) is 28.3 Å². The van der Waals surface area contributed by atoms with E-state index in [2.05, 4.69) is 16.2 Å². The van der Waals surface area contributed by atoms with Gasteiger partial charge >= 0.3 is 0 Å². The predicted octanol–water partition coefficient (Wildman–Crippen LogP) is 2.50. The minimum absolute atomic E-state index is 0.0643. The maximum absolute atomic E-state index is 12.0. The molecule has 0 bridgehead atoms. The normalized spacial score (nSPS) is 20.7. The first kappa shape index (κ1) is 18.5. The summed E-state index contributed by atoms with van der Waals surface area (Å²) in [6.45, 7) is 1.64. The summed E-state index contributed by atoms with van der Waals surface area (Å²) in [4.78, 5) is 22.2. The van der Waals surface area contributed by atoms with Crippen LogP contribution in [0.25, 0.3) is 0 Å². The highest BCUT2D eigenvalue weighted by Crippen LogP contribution is 2.63.